The van der Waals surface area contributed by atoms with Crippen LogP contribution in [0.4, 0.5) is 13.2 Å². The summed E-state index contributed by atoms with van der Waals surface area (Å²) in [4.78, 5) is 21.4. The number of hydrogen-bond acceptors (Lipinski definition) is 3. The molecule has 1 aromatic rings. The minimum atomic E-state index is -5.15. The number of aryl methyl sites for hydroxylation is 1. The van der Waals surface area contributed by atoms with Crippen LogP contribution in [0, 0.1) is 0 Å². The van der Waals surface area contributed by atoms with Crippen LogP contribution in [-0.2, 0) is 20.7 Å². The summed E-state index contributed by atoms with van der Waals surface area (Å²) in [7, 11) is 0. The van der Waals surface area contributed by atoms with Crippen LogP contribution in [0.3, 0.4) is 0 Å². The largest absolute Gasteiger partial charge is 0.491 e. The van der Waals surface area contributed by atoms with Crippen molar-refractivity contribution in [1.29, 1.82) is 0 Å². The van der Waals surface area contributed by atoms with Gasteiger partial charge in [-0.1, -0.05) is 28.1 Å². The van der Waals surface area contributed by atoms with Gasteiger partial charge in [-0.15, -0.1) is 0 Å². The Balaban J connectivity index is 2.45. The number of hydrogen-bond donors (Lipinski definition) is 0. The summed E-state index contributed by atoms with van der Waals surface area (Å²) in [5, 5.41) is 0. The molecule has 0 aliphatic carbocycles. The zero-order valence-corrected chi connectivity index (χ0v) is 10.5. The minimum Gasteiger partial charge on any atom is -0.386 e. The number of benzene rings is 1. The molecule has 1 rings (SSSR count). The molecule has 0 saturated carbocycles. The molecule has 0 fully saturated rings. The van der Waals surface area contributed by atoms with Crippen LogP contribution in [0.25, 0.3) is 0 Å². The zero-order chi connectivity index (χ0) is 13.8. The van der Waals surface area contributed by atoms with Gasteiger partial charge in [-0.25, -0.2) is 4.79 Å². The Morgan fingerprint density at radius 2 is 1.94 bits per heavy atom. The summed E-state index contributed by atoms with van der Waals surface area (Å²) >= 11 is 3.22. The summed E-state index contributed by atoms with van der Waals surface area (Å²) in [5.41, 5.74) is 0.751. The van der Waals surface area contributed by atoms with Gasteiger partial charge in [0.15, 0.2) is 0 Å². The molecule has 3 nitrogen and oxygen atoms in total. The van der Waals surface area contributed by atoms with Gasteiger partial charge in [0.2, 0.25) is 0 Å². The molecule has 0 aromatic heterocycles. The zero-order valence-electron chi connectivity index (χ0n) is 8.96. The minimum absolute atomic E-state index is 0.198. The van der Waals surface area contributed by atoms with E-state index in [1.165, 1.54) is 0 Å². The van der Waals surface area contributed by atoms with Crippen molar-refractivity contribution < 1.29 is 27.5 Å². The summed E-state index contributed by atoms with van der Waals surface area (Å²) in [6.45, 7) is 0. The quantitative estimate of drug-likeness (QED) is 0.634. The molecule has 0 unspecified atom stereocenters. The number of carbonyl (C=O) groups is 2. The van der Waals surface area contributed by atoms with E-state index < -0.39 is 18.1 Å². The second-order valence-corrected chi connectivity index (χ2v) is 4.30. The van der Waals surface area contributed by atoms with Crippen LogP contribution in [0.1, 0.15) is 12.0 Å². The fourth-order valence-electron chi connectivity index (χ4n) is 1.15. The molecule has 1 aromatic carbocycles. The molecule has 0 spiro atoms. The highest BCUT2D eigenvalue weighted by atomic mass is 79.9. The van der Waals surface area contributed by atoms with E-state index in [1.807, 2.05) is 0 Å². The van der Waals surface area contributed by atoms with E-state index in [2.05, 4.69) is 20.7 Å². The van der Waals surface area contributed by atoms with Gasteiger partial charge >= 0.3 is 18.1 Å². The summed E-state index contributed by atoms with van der Waals surface area (Å²) in [6.07, 6.45) is -5.24. The van der Waals surface area contributed by atoms with Gasteiger partial charge in [-0.05, 0) is 24.1 Å². The van der Waals surface area contributed by atoms with Crippen molar-refractivity contribution in [2.45, 2.75) is 19.0 Å². The molecular weight excluding hydrogens is 317 g/mol. The van der Waals surface area contributed by atoms with Crippen LogP contribution in [-0.4, -0.2) is 18.1 Å². The van der Waals surface area contributed by atoms with Gasteiger partial charge in [0, 0.05) is 4.47 Å². The lowest BCUT2D eigenvalue weighted by Gasteiger charge is -2.05. The third-order valence-corrected chi connectivity index (χ3v) is 2.44. The van der Waals surface area contributed by atoms with Gasteiger partial charge in [-0.3, -0.25) is 4.79 Å². The predicted octanol–water partition coefficient (Wildman–Crippen LogP) is 3.01. The van der Waals surface area contributed by atoms with Gasteiger partial charge in [0.05, 0.1) is 6.42 Å². The lowest BCUT2D eigenvalue weighted by Crippen LogP contribution is -2.28. The van der Waals surface area contributed by atoms with Gasteiger partial charge < -0.3 is 4.74 Å². The first-order valence-corrected chi connectivity index (χ1v) is 5.64. The van der Waals surface area contributed by atoms with E-state index in [0.717, 1.165) is 10.0 Å². The van der Waals surface area contributed by atoms with Gasteiger partial charge in [-0.2, -0.15) is 13.2 Å². The van der Waals surface area contributed by atoms with E-state index >= 15 is 0 Å². The molecule has 0 N–H and O–H groups in total. The van der Waals surface area contributed by atoms with Crippen LogP contribution >= 0.6 is 15.9 Å². The first-order chi connectivity index (χ1) is 8.29. The van der Waals surface area contributed by atoms with Gasteiger partial charge in [0.25, 0.3) is 0 Å². The summed E-state index contributed by atoms with van der Waals surface area (Å²) < 4.78 is 39.8. The Hall–Kier alpha value is -1.37. The second-order valence-electron chi connectivity index (χ2n) is 3.39. The number of carbonyl (C=O) groups excluding carboxylic acids is 2. The van der Waals surface area contributed by atoms with Crippen molar-refractivity contribution in [2.75, 3.05) is 0 Å². The second kappa shape index (κ2) is 5.99. The Morgan fingerprint density at radius 1 is 1.28 bits per heavy atom. The lowest BCUT2D eigenvalue weighted by molar-refractivity contribution is -0.201. The molecule has 0 aliphatic rings. The van der Waals surface area contributed by atoms with Crippen molar-refractivity contribution in [3.8, 4) is 0 Å². The van der Waals surface area contributed by atoms with Crippen LogP contribution in [0.5, 0.6) is 0 Å². The van der Waals surface area contributed by atoms with Crippen LogP contribution in [0.15, 0.2) is 28.7 Å². The van der Waals surface area contributed by atoms with Gasteiger partial charge in [0.1, 0.15) is 0 Å². The third-order valence-electron chi connectivity index (χ3n) is 1.94. The molecule has 0 heterocycles. The number of halogens is 4. The highest BCUT2D eigenvalue weighted by Gasteiger charge is 2.42. The number of ether oxygens (including phenoxy) is 1. The molecule has 18 heavy (non-hydrogen) atoms. The first-order valence-electron chi connectivity index (χ1n) is 4.85. The topological polar surface area (TPSA) is 43.4 Å². The number of esters is 2. The fourth-order valence-corrected chi connectivity index (χ4v) is 1.60. The standard InChI is InChI=1S/C11H8BrF3O3/c12-8-3-1-2-7(6-8)4-5-9(16)18-10(17)11(13,14)15/h1-3,6H,4-5H2. The van der Waals surface area contributed by atoms with E-state index in [0.29, 0.717) is 0 Å². The number of alkyl halides is 3. The molecule has 0 saturated heterocycles. The first kappa shape index (κ1) is 14.7. The van der Waals surface area contributed by atoms with Crippen LogP contribution < -0.4 is 0 Å². The fraction of sp³-hybridized carbons (Fsp3) is 0.273. The Bertz CT molecular complexity index is 457. The maximum Gasteiger partial charge on any atom is 0.491 e. The third kappa shape index (κ3) is 4.87. The SMILES string of the molecule is O=C(CCc1cccc(Br)c1)OC(=O)C(F)(F)F. The van der Waals surface area contributed by atoms with E-state index in [-0.39, 0.29) is 12.8 Å². The molecule has 0 amide bonds. The molecule has 0 bridgehead atoms. The van der Waals surface area contributed by atoms with Crippen molar-refractivity contribution in [1.82, 2.24) is 0 Å². The van der Waals surface area contributed by atoms with E-state index in [1.54, 1.807) is 24.3 Å². The van der Waals surface area contributed by atoms with Crippen molar-refractivity contribution in [3.63, 3.8) is 0 Å². The Morgan fingerprint density at radius 3 is 2.50 bits per heavy atom. The Kier molecular flexibility index (Phi) is 4.89. The van der Waals surface area contributed by atoms with E-state index in [9.17, 15) is 22.8 Å². The van der Waals surface area contributed by atoms with Crippen molar-refractivity contribution in [2.24, 2.45) is 0 Å². The van der Waals surface area contributed by atoms with E-state index in [4.69, 9.17) is 0 Å². The predicted molar refractivity (Wildman–Crippen MR) is 59.6 cm³/mol. The maximum absolute atomic E-state index is 11.8. The summed E-state index contributed by atoms with van der Waals surface area (Å²) in [5.74, 6) is -3.68. The lowest BCUT2D eigenvalue weighted by atomic mass is 10.1. The van der Waals surface area contributed by atoms with Crippen molar-refractivity contribution >= 4 is 27.9 Å². The highest BCUT2D eigenvalue weighted by Crippen LogP contribution is 2.17. The normalized spacial score (nSPS) is 11.1. The number of rotatable bonds is 3. The average Bonchev–Trinajstić information content (AvgIpc) is 2.25. The highest BCUT2D eigenvalue weighted by molar-refractivity contribution is 9.10. The molecule has 98 valence electrons. The summed E-state index contributed by atoms with van der Waals surface area (Å²) in [6, 6.07) is 6.93. The molecule has 0 atom stereocenters. The smallest absolute Gasteiger partial charge is 0.386 e. The molecule has 0 aliphatic heterocycles. The average molecular weight is 325 g/mol. The maximum atomic E-state index is 11.8. The molecule has 0 radical (unpaired) electrons. The Labute approximate surface area is 109 Å². The molecular formula is C11H8BrF3O3. The van der Waals surface area contributed by atoms with Crippen LogP contribution in [0.2, 0.25) is 0 Å². The van der Waals surface area contributed by atoms with Crippen molar-refractivity contribution in [3.05, 3.63) is 34.3 Å². The molecule has 7 heteroatoms. The monoisotopic (exact) mass is 324 g/mol.